The molecule has 0 unspecified atom stereocenters. The average molecular weight is 384 g/mol. The van der Waals surface area contributed by atoms with Gasteiger partial charge in [-0.15, -0.1) is 0 Å². The highest BCUT2D eigenvalue weighted by molar-refractivity contribution is 7.22. The summed E-state index contributed by atoms with van der Waals surface area (Å²) in [4.78, 5) is 16.6. The van der Waals surface area contributed by atoms with Crippen LogP contribution in [0.15, 0.2) is 42.5 Å². The van der Waals surface area contributed by atoms with Crippen LogP contribution >= 0.6 is 11.3 Å². The molecule has 0 radical (unpaired) electrons. The fraction of sp³-hybridized carbons (Fsp3) is 0.200. The number of fused-ring (bicyclic) bond motifs is 1. The average Bonchev–Trinajstić information content (AvgIpc) is 3.07. The maximum absolute atomic E-state index is 12.2. The van der Waals surface area contributed by atoms with Gasteiger partial charge in [-0.25, -0.2) is 4.98 Å². The van der Waals surface area contributed by atoms with Crippen molar-refractivity contribution in [2.24, 2.45) is 0 Å². The van der Waals surface area contributed by atoms with E-state index in [2.05, 4.69) is 10.3 Å². The highest BCUT2D eigenvalue weighted by atomic mass is 32.1. The van der Waals surface area contributed by atoms with Gasteiger partial charge in [0.15, 0.2) is 16.6 Å². The van der Waals surface area contributed by atoms with Crippen LogP contribution < -0.4 is 19.5 Å². The van der Waals surface area contributed by atoms with Gasteiger partial charge in [-0.2, -0.15) is 0 Å². The van der Waals surface area contributed by atoms with Crippen molar-refractivity contribution >= 4 is 38.7 Å². The molecule has 27 heavy (non-hydrogen) atoms. The topological polar surface area (TPSA) is 69.7 Å². The lowest BCUT2D eigenvalue weighted by molar-refractivity contribution is -0.111. The first-order chi connectivity index (χ1) is 13.1. The number of ether oxygens (including phenoxy) is 3. The number of rotatable bonds is 7. The number of hydrogen-bond acceptors (Lipinski definition) is 6. The van der Waals surface area contributed by atoms with Gasteiger partial charge in [-0.3, -0.25) is 10.1 Å². The monoisotopic (exact) mass is 384 g/mol. The molecule has 3 rings (SSSR count). The van der Waals surface area contributed by atoms with Gasteiger partial charge in [0.05, 0.1) is 31.0 Å². The number of anilines is 1. The van der Waals surface area contributed by atoms with E-state index in [1.807, 2.05) is 31.2 Å². The Bertz CT molecular complexity index is 981. The molecule has 1 heterocycles. The lowest BCUT2D eigenvalue weighted by Gasteiger charge is -2.07. The lowest BCUT2D eigenvalue weighted by Crippen LogP contribution is -2.07. The van der Waals surface area contributed by atoms with Crippen LogP contribution in [0.2, 0.25) is 0 Å². The van der Waals surface area contributed by atoms with Crippen molar-refractivity contribution in [2.45, 2.75) is 6.92 Å². The molecular formula is C20H20N2O4S. The van der Waals surface area contributed by atoms with Gasteiger partial charge in [0.2, 0.25) is 5.91 Å². The van der Waals surface area contributed by atoms with E-state index in [0.29, 0.717) is 23.2 Å². The molecular weight excluding hydrogens is 364 g/mol. The fourth-order valence-electron chi connectivity index (χ4n) is 2.49. The van der Waals surface area contributed by atoms with Crippen LogP contribution in [-0.4, -0.2) is 31.7 Å². The number of methoxy groups -OCH3 is 2. The Balaban J connectivity index is 1.70. The summed E-state index contributed by atoms with van der Waals surface area (Å²) in [5, 5.41) is 3.33. The van der Waals surface area contributed by atoms with Crippen LogP contribution in [0.3, 0.4) is 0 Å². The Kier molecular flexibility index (Phi) is 5.93. The number of carbonyl (C=O) groups is 1. The molecule has 2 aromatic carbocycles. The molecule has 0 saturated heterocycles. The normalized spacial score (nSPS) is 10.9. The molecule has 0 bridgehead atoms. The molecule has 140 valence electrons. The van der Waals surface area contributed by atoms with E-state index in [9.17, 15) is 4.79 Å². The van der Waals surface area contributed by atoms with Gasteiger partial charge < -0.3 is 14.2 Å². The molecule has 0 aliphatic carbocycles. The van der Waals surface area contributed by atoms with Crippen molar-refractivity contribution < 1.29 is 19.0 Å². The Morgan fingerprint density at radius 1 is 1.15 bits per heavy atom. The molecule has 1 amide bonds. The molecule has 6 nitrogen and oxygen atoms in total. The molecule has 0 aliphatic rings. The molecule has 0 saturated carbocycles. The quantitative estimate of drug-likeness (QED) is 0.613. The van der Waals surface area contributed by atoms with Crippen molar-refractivity contribution in [1.29, 1.82) is 0 Å². The van der Waals surface area contributed by atoms with E-state index in [4.69, 9.17) is 14.2 Å². The zero-order chi connectivity index (χ0) is 19.2. The largest absolute Gasteiger partial charge is 0.494 e. The second kappa shape index (κ2) is 8.55. The van der Waals surface area contributed by atoms with Crippen molar-refractivity contribution in [3.63, 3.8) is 0 Å². The molecule has 0 spiro atoms. The second-order valence-electron chi connectivity index (χ2n) is 5.52. The summed E-state index contributed by atoms with van der Waals surface area (Å²) in [5.41, 5.74) is 1.65. The van der Waals surface area contributed by atoms with Crippen molar-refractivity contribution in [3.05, 3.63) is 48.0 Å². The summed E-state index contributed by atoms with van der Waals surface area (Å²) in [6.45, 7) is 2.54. The Hall–Kier alpha value is -3.06. The van der Waals surface area contributed by atoms with E-state index < -0.39 is 0 Å². The molecule has 0 atom stereocenters. The summed E-state index contributed by atoms with van der Waals surface area (Å²) in [6, 6.07) is 11.1. The number of carbonyl (C=O) groups excluding carboxylic acids is 1. The van der Waals surface area contributed by atoms with E-state index in [1.54, 1.807) is 32.4 Å². The fourth-order valence-corrected chi connectivity index (χ4v) is 3.39. The number of nitrogens with one attached hydrogen (secondary N) is 1. The maximum Gasteiger partial charge on any atom is 0.250 e. The predicted octanol–water partition coefficient (Wildman–Crippen LogP) is 4.36. The molecule has 3 aromatic rings. The summed E-state index contributed by atoms with van der Waals surface area (Å²) in [7, 11) is 3.15. The minimum Gasteiger partial charge on any atom is -0.494 e. The van der Waals surface area contributed by atoms with Crippen LogP contribution in [-0.2, 0) is 4.79 Å². The van der Waals surface area contributed by atoms with Crippen molar-refractivity contribution in [3.8, 4) is 17.2 Å². The summed E-state index contributed by atoms with van der Waals surface area (Å²) in [6.07, 6.45) is 3.16. The number of hydrogen-bond donors (Lipinski definition) is 1. The molecule has 7 heteroatoms. The van der Waals surface area contributed by atoms with Crippen LogP contribution in [0, 0.1) is 0 Å². The number of aromatic nitrogens is 1. The standard InChI is InChI=1S/C20H20N2O4S/c1-4-26-14-7-8-15-18(12-14)27-20(21-15)22-19(23)10-6-13-5-9-16(24-2)17(11-13)25-3/h5-12H,4H2,1-3H3,(H,21,22,23)/b10-6+. The van der Waals surface area contributed by atoms with Gasteiger partial charge in [-0.05, 0) is 48.9 Å². The van der Waals surface area contributed by atoms with E-state index in [-0.39, 0.29) is 5.91 Å². The third-order valence-electron chi connectivity index (χ3n) is 3.74. The van der Waals surface area contributed by atoms with Crippen LogP contribution in [0.4, 0.5) is 5.13 Å². The first kappa shape index (κ1) is 18.7. The van der Waals surface area contributed by atoms with Gasteiger partial charge >= 0.3 is 0 Å². The van der Waals surface area contributed by atoms with Crippen molar-refractivity contribution in [2.75, 3.05) is 26.1 Å². The zero-order valence-electron chi connectivity index (χ0n) is 15.3. The smallest absolute Gasteiger partial charge is 0.250 e. The number of thiazole rings is 1. The van der Waals surface area contributed by atoms with Crippen molar-refractivity contribution in [1.82, 2.24) is 4.98 Å². The zero-order valence-corrected chi connectivity index (χ0v) is 16.1. The molecule has 0 aliphatic heterocycles. The Morgan fingerprint density at radius 3 is 2.70 bits per heavy atom. The minimum absolute atomic E-state index is 0.256. The predicted molar refractivity (Wildman–Crippen MR) is 108 cm³/mol. The third kappa shape index (κ3) is 4.57. The van der Waals surface area contributed by atoms with Gasteiger partial charge in [-0.1, -0.05) is 17.4 Å². The highest BCUT2D eigenvalue weighted by Gasteiger charge is 2.08. The number of amides is 1. The maximum atomic E-state index is 12.2. The minimum atomic E-state index is -0.256. The first-order valence-electron chi connectivity index (χ1n) is 8.37. The van der Waals surface area contributed by atoms with Crippen LogP contribution in [0.25, 0.3) is 16.3 Å². The summed E-state index contributed by atoms with van der Waals surface area (Å²) in [5.74, 6) is 1.78. The number of nitrogens with zero attached hydrogens (tertiary/aromatic N) is 1. The van der Waals surface area contributed by atoms with Gasteiger partial charge in [0.1, 0.15) is 5.75 Å². The van der Waals surface area contributed by atoms with Crippen LogP contribution in [0.5, 0.6) is 17.2 Å². The van der Waals surface area contributed by atoms with E-state index >= 15 is 0 Å². The van der Waals surface area contributed by atoms with Crippen LogP contribution in [0.1, 0.15) is 12.5 Å². The summed E-state index contributed by atoms with van der Waals surface area (Å²) < 4.78 is 16.9. The SMILES string of the molecule is CCOc1ccc2nc(NC(=O)/C=C/c3ccc(OC)c(OC)c3)sc2c1. The second-order valence-corrected chi connectivity index (χ2v) is 6.55. The number of benzene rings is 2. The lowest BCUT2D eigenvalue weighted by atomic mass is 10.2. The Morgan fingerprint density at radius 2 is 1.96 bits per heavy atom. The Labute approximate surface area is 161 Å². The molecule has 0 fully saturated rings. The highest BCUT2D eigenvalue weighted by Crippen LogP contribution is 2.30. The first-order valence-corrected chi connectivity index (χ1v) is 9.19. The van der Waals surface area contributed by atoms with Gasteiger partial charge in [0.25, 0.3) is 0 Å². The third-order valence-corrected chi connectivity index (χ3v) is 4.67. The van der Waals surface area contributed by atoms with E-state index in [0.717, 1.165) is 21.5 Å². The van der Waals surface area contributed by atoms with Gasteiger partial charge in [0, 0.05) is 6.08 Å². The molecule has 1 aromatic heterocycles. The van der Waals surface area contributed by atoms with E-state index in [1.165, 1.54) is 17.4 Å². The molecule has 1 N–H and O–H groups in total. The summed E-state index contributed by atoms with van der Waals surface area (Å²) >= 11 is 1.40.